The van der Waals surface area contributed by atoms with E-state index in [1.807, 2.05) is 12.1 Å². The molecule has 1 unspecified atom stereocenters. The highest BCUT2D eigenvalue weighted by molar-refractivity contribution is 6.30. The molecule has 0 saturated carbocycles. The van der Waals surface area contributed by atoms with E-state index in [0.29, 0.717) is 18.1 Å². The summed E-state index contributed by atoms with van der Waals surface area (Å²) >= 11 is 6.03. The Morgan fingerprint density at radius 3 is 2.22 bits per heavy atom. The summed E-state index contributed by atoms with van der Waals surface area (Å²) in [6, 6.07) is 27.5. The van der Waals surface area contributed by atoms with Crippen LogP contribution in [-0.2, 0) is 24.3 Å². The first-order valence-corrected chi connectivity index (χ1v) is 13.9. The Kier molecular flexibility index (Phi) is 8.53. The van der Waals surface area contributed by atoms with Gasteiger partial charge in [-0.1, -0.05) is 78.3 Å². The van der Waals surface area contributed by atoms with E-state index in [4.69, 9.17) is 11.6 Å². The topological polar surface area (TPSA) is 23.6 Å². The lowest BCUT2D eigenvalue weighted by molar-refractivity contribution is -0.121. The van der Waals surface area contributed by atoms with Gasteiger partial charge in [0, 0.05) is 37.6 Å². The van der Waals surface area contributed by atoms with Crippen LogP contribution in [0, 0.1) is 5.92 Å². The van der Waals surface area contributed by atoms with Crippen molar-refractivity contribution in [3.05, 3.63) is 106 Å². The summed E-state index contributed by atoms with van der Waals surface area (Å²) in [5, 5.41) is 0.793. The van der Waals surface area contributed by atoms with Gasteiger partial charge in [0.1, 0.15) is 5.78 Å². The van der Waals surface area contributed by atoms with Crippen LogP contribution >= 0.6 is 11.6 Å². The van der Waals surface area contributed by atoms with E-state index in [-0.39, 0.29) is 5.92 Å². The molecule has 0 spiro atoms. The third kappa shape index (κ3) is 6.64. The highest BCUT2D eigenvalue weighted by atomic mass is 35.5. The maximum Gasteiger partial charge on any atom is 0.141 e. The second-order valence-electron chi connectivity index (χ2n) is 10.6. The number of hydrogen-bond donors (Lipinski definition) is 0. The Morgan fingerprint density at radius 2 is 1.44 bits per heavy atom. The number of ketones is 1. The molecule has 2 heterocycles. The predicted octanol–water partition coefficient (Wildman–Crippen LogP) is 6.74. The van der Waals surface area contributed by atoms with Crippen molar-refractivity contribution in [2.75, 3.05) is 26.2 Å². The maximum atomic E-state index is 13.6. The summed E-state index contributed by atoms with van der Waals surface area (Å²) in [6.45, 7) is 5.94. The molecule has 3 aromatic rings. The van der Waals surface area contributed by atoms with Crippen molar-refractivity contribution in [2.45, 2.75) is 51.1 Å². The molecular formula is C32H37ClN2O. The average Bonchev–Trinajstić information content (AvgIpc) is 3.10. The van der Waals surface area contributed by atoms with Gasteiger partial charge in [0.15, 0.2) is 0 Å². The van der Waals surface area contributed by atoms with Crippen molar-refractivity contribution in [2.24, 2.45) is 5.92 Å². The maximum absolute atomic E-state index is 13.6. The van der Waals surface area contributed by atoms with E-state index < -0.39 is 0 Å². The minimum Gasteiger partial charge on any atom is -0.299 e. The molecule has 0 amide bonds. The van der Waals surface area contributed by atoms with Crippen LogP contribution in [0.4, 0.5) is 0 Å². The Bertz CT molecular complexity index is 1120. The van der Waals surface area contributed by atoms with E-state index in [9.17, 15) is 4.79 Å². The van der Waals surface area contributed by atoms with Crippen LogP contribution in [0.2, 0.25) is 5.02 Å². The first-order valence-electron chi connectivity index (χ1n) is 13.5. The average molecular weight is 501 g/mol. The largest absolute Gasteiger partial charge is 0.299 e. The van der Waals surface area contributed by atoms with Crippen LogP contribution in [0.5, 0.6) is 0 Å². The van der Waals surface area contributed by atoms with Crippen molar-refractivity contribution < 1.29 is 4.79 Å². The third-order valence-electron chi connectivity index (χ3n) is 8.03. The molecule has 0 bridgehead atoms. The molecule has 188 valence electrons. The number of rotatable bonds is 8. The third-order valence-corrected chi connectivity index (χ3v) is 8.28. The molecule has 0 N–H and O–H groups in total. The molecule has 3 aromatic carbocycles. The molecule has 3 nitrogen and oxygen atoms in total. The number of hydrogen-bond acceptors (Lipinski definition) is 3. The standard InChI is InChI=1S/C32H37ClN2O/c33-29-13-10-27(11-14-29)22-34-19-16-25(17-20-34)12-15-32(36)31-24-35(23-26-6-2-1-3-7-26)21-18-28-8-4-5-9-30(28)31/h1-11,13-14,25,31H,12,15-24H2. The van der Waals surface area contributed by atoms with Crippen molar-refractivity contribution in [3.8, 4) is 0 Å². The number of carbonyl (C=O) groups excluding carboxylic acids is 1. The van der Waals surface area contributed by atoms with Crippen LogP contribution in [-0.4, -0.2) is 41.8 Å². The Labute approximate surface area is 221 Å². The number of piperidine rings is 1. The first-order chi connectivity index (χ1) is 17.6. The lowest BCUT2D eigenvalue weighted by Crippen LogP contribution is -2.34. The zero-order chi connectivity index (χ0) is 24.7. The van der Waals surface area contributed by atoms with E-state index in [1.54, 1.807) is 0 Å². The van der Waals surface area contributed by atoms with Gasteiger partial charge in [0.05, 0.1) is 5.92 Å². The van der Waals surface area contributed by atoms with E-state index >= 15 is 0 Å². The van der Waals surface area contributed by atoms with Gasteiger partial charge in [-0.15, -0.1) is 0 Å². The molecular weight excluding hydrogens is 464 g/mol. The number of benzene rings is 3. The fourth-order valence-corrected chi connectivity index (χ4v) is 6.02. The fourth-order valence-electron chi connectivity index (χ4n) is 5.89. The lowest BCUT2D eigenvalue weighted by atomic mass is 9.85. The predicted molar refractivity (Wildman–Crippen MR) is 148 cm³/mol. The van der Waals surface area contributed by atoms with E-state index in [1.165, 1.54) is 35.1 Å². The molecule has 2 aliphatic heterocycles. The minimum atomic E-state index is -0.0163. The van der Waals surface area contributed by atoms with Crippen LogP contribution in [0.1, 0.15) is 53.9 Å². The molecule has 36 heavy (non-hydrogen) atoms. The van der Waals surface area contributed by atoms with Gasteiger partial charge in [-0.25, -0.2) is 0 Å². The van der Waals surface area contributed by atoms with Crippen molar-refractivity contribution in [1.82, 2.24) is 9.80 Å². The molecule has 4 heteroatoms. The zero-order valence-corrected chi connectivity index (χ0v) is 21.9. The Hall–Kier alpha value is -2.46. The SMILES string of the molecule is O=C(CCC1CCN(Cc2ccc(Cl)cc2)CC1)C1CN(Cc2ccccc2)CCc2ccccc21. The monoisotopic (exact) mass is 500 g/mol. The van der Waals surface area contributed by atoms with Crippen LogP contribution in [0.3, 0.4) is 0 Å². The number of likely N-dealkylation sites (tertiary alicyclic amines) is 1. The van der Waals surface area contributed by atoms with Gasteiger partial charge in [0.2, 0.25) is 0 Å². The summed E-state index contributed by atoms with van der Waals surface area (Å²) in [5.41, 5.74) is 5.25. The first kappa shape index (κ1) is 25.2. The van der Waals surface area contributed by atoms with E-state index in [2.05, 4.69) is 76.5 Å². The van der Waals surface area contributed by atoms with Crippen molar-refractivity contribution in [3.63, 3.8) is 0 Å². The van der Waals surface area contributed by atoms with Gasteiger partial charge in [0.25, 0.3) is 0 Å². The number of Topliss-reactive ketones (excluding diaryl/α,β-unsaturated/α-hetero) is 1. The molecule has 1 atom stereocenters. The molecule has 5 rings (SSSR count). The number of halogens is 1. The highest BCUT2D eigenvalue weighted by Crippen LogP contribution is 2.30. The van der Waals surface area contributed by atoms with Gasteiger partial charge >= 0.3 is 0 Å². The van der Waals surface area contributed by atoms with Crippen LogP contribution in [0.15, 0.2) is 78.9 Å². The lowest BCUT2D eigenvalue weighted by Gasteiger charge is -2.32. The Balaban J connectivity index is 1.16. The number of fused-ring (bicyclic) bond motifs is 1. The summed E-state index contributed by atoms with van der Waals surface area (Å²) in [5.74, 6) is 1.06. The summed E-state index contributed by atoms with van der Waals surface area (Å²) in [7, 11) is 0. The summed E-state index contributed by atoms with van der Waals surface area (Å²) < 4.78 is 0. The second-order valence-corrected chi connectivity index (χ2v) is 11.0. The quantitative estimate of drug-likeness (QED) is 0.342. The van der Waals surface area contributed by atoms with E-state index in [0.717, 1.165) is 57.1 Å². The molecule has 1 fully saturated rings. The summed E-state index contributed by atoms with van der Waals surface area (Å²) in [4.78, 5) is 18.7. The van der Waals surface area contributed by atoms with Gasteiger partial charge in [-0.2, -0.15) is 0 Å². The van der Waals surface area contributed by atoms with Gasteiger partial charge in [-0.3, -0.25) is 14.6 Å². The normalized spacial score (nSPS) is 19.5. The highest BCUT2D eigenvalue weighted by Gasteiger charge is 2.29. The molecule has 0 radical (unpaired) electrons. The molecule has 1 saturated heterocycles. The van der Waals surface area contributed by atoms with Gasteiger partial charge in [-0.05, 0) is 79.1 Å². The summed E-state index contributed by atoms with van der Waals surface area (Å²) in [6.07, 6.45) is 5.09. The van der Waals surface area contributed by atoms with Gasteiger partial charge < -0.3 is 0 Å². The fraction of sp³-hybridized carbons (Fsp3) is 0.406. The molecule has 2 aliphatic rings. The molecule has 0 aromatic heterocycles. The van der Waals surface area contributed by atoms with Crippen molar-refractivity contribution >= 4 is 17.4 Å². The smallest absolute Gasteiger partial charge is 0.141 e. The zero-order valence-electron chi connectivity index (χ0n) is 21.1. The minimum absolute atomic E-state index is 0.0163. The van der Waals surface area contributed by atoms with Crippen LogP contribution < -0.4 is 0 Å². The second kappa shape index (κ2) is 12.2. The number of nitrogens with zero attached hydrogens (tertiary/aromatic N) is 2. The number of carbonyl (C=O) groups is 1. The van der Waals surface area contributed by atoms with Crippen LogP contribution in [0.25, 0.3) is 0 Å². The van der Waals surface area contributed by atoms with Crippen molar-refractivity contribution in [1.29, 1.82) is 0 Å². The Morgan fingerprint density at radius 1 is 0.778 bits per heavy atom. The molecule has 0 aliphatic carbocycles.